The second-order valence-corrected chi connectivity index (χ2v) is 4.73. The van der Waals surface area contributed by atoms with Crippen molar-refractivity contribution in [1.82, 2.24) is 19.9 Å². The molecule has 23 heavy (non-hydrogen) atoms. The van der Waals surface area contributed by atoms with E-state index in [1.807, 2.05) is 12.1 Å². The van der Waals surface area contributed by atoms with Gasteiger partial charge in [0.1, 0.15) is 17.0 Å². The van der Waals surface area contributed by atoms with Crippen LogP contribution in [-0.4, -0.2) is 33.0 Å². The predicted molar refractivity (Wildman–Crippen MR) is 84.2 cm³/mol. The summed E-state index contributed by atoms with van der Waals surface area (Å²) < 4.78 is 5.28. The average molecular weight is 311 g/mol. The summed E-state index contributed by atoms with van der Waals surface area (Å²) >= 11 is 0. The zero-order valence-corrected chi connectivity index (χ0v) is 12.5. The number of methoxy groups -OCH3 is 1. The molecular weight excluding hydrogens is 298 g/mol. The summed E-state index contributed by atoms with van der Waals surface area (Å²) in [5, 5.41) is 2.69. The van der Waals surface area contributed by atoms with E-state index in [1.165, 1.54) is 20.2 Å². The van der Waals surface area contributed by atoms with Crippen molar-refractivity contribution >= 4 is 22.9 Å². The second-order valence-electron chi connectivity index (χ2n) is 4.73. The van der Waals surface area contributed by atoms with Crippen molar-refractivity contribution in [3.05, 3.63) is 40.8 Å². The molecule has 0 aliphatic heterocycles. The molecule has 8 nitrogen and oxygen atoms in total. The molecule has 0 saturated heterocycles. The molecule has 0 fully saturated rings. The number of ether oxygens (including phenoxy) is 1. The predicted octanol–water partition coefficient (Wildman–Crippen LogP) is 1.35. The molecule has 0 unspecified atom stereocenters. The molecule has 0 bridgehead atoms. The van der Waals surface area contributed by atoms with Crippen molar-refractivity contribution in [2.75, 3.05) is 12.4 Å². The Labute approximate surface area is 130 Å². The number of fused-ring (bicyclic) bond motifs is 1. The van der Waals surface area contributed by atoms with Crippen molar-refractivity contribution in [1.29, 1.82) is 0 Å². The van der Waals surface area contributed by atoms with Gasteiger partial charge in [-0.05, 0) is 12.1 Å². The summed E-state index contributed by atoms with van der Waals surface area (Å²) in [6.07, 6.45) is 1.32. The molecule has 0 saturated carbocycles. The summed E-state index contributed by atoms with van der Waals surface area (Å²) in [5.74, 6) is 0.687. The van der Waals surface area contributed by atoms with Gasteiger partial charge in [0.05, 0.1) is 12.7 Å². The number of hydrogen-bond donors (Lipinski definition) is 2. The van der Waals surface area contributed by atoms with E-state index >= 15 is 0 Å². The molecule has 116 valence electrons. The Morgan fingerprint density at radius 1 is 1.26 bits per heavy atom. The third kappa shape index (κ3) is 2.86. The van der Waals surface area contributed by atoms with Crippen molar-refractivity contribution in [2.24, 2.45) is 0 Å². The van der Waals surface area contributed by atoms with Crippen LogP contribution in [0.2, 0.25) is 0 Å². The van der Waals surface area contributed by atoms with Crippen LogP contribution < -0.4 is 15.6 Å². The summed E-state index contributed by atoms with van der Waals surface area (Å²) in [5.41, 5.74) is 0.451. The van der Waals surface area contributed by atoms with Gasteiger partial charge in [-0.15, -0.1) is 0 Å². The second kappa shape index (κ2) is 5.84. The number of nitrogens with one attached hydrogen (secondary N) is 2. The van der Waals surface area contributed by atoms with E-state index in [0.29, 0.717) is 17.1 Å². The van der Waals surface area contributed by atoms with Crippen LogP contribution in [0.3, 0.4) is 0 Å². The van der Waals surface area contributed by atoms with Crippen LogP contribution >= 0.6 is 0 Å². The molecule has 2 aromatic heterocycles. The number of benzene rings is 1. The van der Waals surface area contributed by atoms with Crippen molar-refractivity contribution in [3.8, 4) is 17.1 Å². The molecule has 0 spiro atoms. The largest absolute Gasteiger partial charge is 0.496 e. The molecule has 8 heteroatoms. The number of rotatable bonds is 3. The molecule has 0 aliphatic rings. The summed E-state index contributed by atoms with van der Waals surface area (Å²) in [4.78, 5) is 38.3. The van der Waals surface area contributed by atoms with E-state index in [9.17, 15) is 9.59 Å². The highest BCUT2D eigenvalue weighted by Gasteiger charge is 2.12. The standard InChI is InChI=1S/C15H13N5O3/c1-8(21)17-15-16-7-10-13(20-15)18-12(19-14(10)22)9-5-3-4-6-11(9)23-2/h3-7H,1-2H3,(H2,16,17,18,19,20,21,22). The number of H-pyrrole nitrogens is 1. The van der Waals surface area contributed by atoms with Gasteiger partial charge in [0.25, 0.3) is 5.56 Å². The molecule has 0 atom stereocenters. The number of carbonyl (C=O) groups excluding carboxylic acids is 1. The van der Waals surface area contributed by atoms with Gasteiger partial charge < -0.3 is 9.72 Å². The normalized spacial score (nSPS) is 10.5. The van der Waals surface area contributed by atoms with Crippen LogP contribution in [0.15, 0.2) is 35.3 Å². The van der Waals surface area contributed by atoms with Crippen LogP contribution in [0.1, 0.15) is 6.92 Å². The number of nitrogens with zero attached hydrogens (tertiary/aromatic N) is 3. The Balaban J connectivity index is 2.19. The lowest BCUT2D eigenvalue weighted by Gasteiger charge is -2.08. The smallest absolute Gasteiger partial charge is 0.262 e. The van der Waals surface area contributed by atoms with Crippen molar-refractivity contribution in [3.63, 3.8) is 0 Å². The Bertz CT molecular complexity index is 951. The zero-order chi connectivity index (χ0) is 16.4. The van der Waals surface area contributed by atoms with E-state index < -0.39 is 0 Å². The molecule has 2 N–H and O–H groups in total. The maximum absolute atomic E-state index is 12.2. The van der Waals surface area contributed by atoms with Crippen LogP contribution in [0.5, 0.6) is 5.75 Å². The van der Waals surface area contributed by atoms with Gasteiger partial charge in [0.15, 0.2) is 5.65 Å². The summed E-state index contributed by atoms with van der Waals surface area (Å²) in [6, 6.07) is 7.17. The number of amides is 1. The number of carbonyl (C=O) groups is 1. The molecule has 3 rings (SSSR count). The minimum Gasteiger partial charge on any atom is -0.496 e. The minimum absolute atomic E-state index is 0.0917. The van der Waals surface area contributed by atoms with E-state index in [1.54, 1.807) is 12.1 Å². The van der Waals surface area contributed by atoms with Gasteiger partial charge in [-0.1, -0.05) is 12.1 Å². The number of aromatic amines is 1. The molecule has 0 aliphatic carbocycles. The fraction of sp³-hybridized carbons (Fsp3) is 0.133. The molecule has 0 radical (unpaired) electrons. The van der Waals surface area contributed by atoms with E-state index in [2.05, 4.69) is 25.3 Å². The van der Waals surface area contributed by atoms with Crippen LogP contribution in [0.25, 0.3) is 22.4 Å². The molecular formula is C15H13N5O3. The van der Waals surface area contributed by atoms with Gasteiger partial charge in [-0.25, -0.2) is 9.97 Å². The fourth-order valence-electron chi connectivity index (χ4n) is 2.11. The number of hydrogen-bond acceptors (Lipinski definition) is 6. The topological polar surface area (TPSA) is 110 Å². The lowest BCUT2D eigenvalue weighted by atomic mass is 10.2. The Hall–Kier alpha value is -3.29. The molecule has 1 aromatic carbocycles. The van der Waals surface area contributed by atoms with Crippen LogP contribution in [0, 0.1) is 0 Å². The summed E-state index contributed by atoms with van der Waals surface area (Å²) in [6.45, 7) is 1.35. The van der Waals surface area contributed by atoms with Gasteiger partial charge in [0, 0.05) is 13.1 Å². The monoisotopic (exact) mass is 311 g/mol. The van der Waals surface area contributed by atoms with Crippen molar-refractivity contribution in [2.45, 2.75) is 6.92 Å². The molecule has 2 heterocycles. The third-order valence-electron chi connectivity index (χ3n) is 3.11. The quantitative estimate of drug-likeness (QED) is 0.755. The lowest BCUT2D eigenvalue weighted by Crippen LogP contribution is -2.14. The van der Waals surface area contributed by atoms with Gasteiger partial charge in [-0.2, -0.15) is 4.98 Å². The number of aromatic nitrogens is 4. The number of para-hydroxylation sites is 1. The molecule has 1 amide bonds. The van der Waals surface area contributed by atoms with E-state index in [-0.39, 0.29) is 28.4 Å². The highest BCUT2D eigenvalue weighted by molar-refractivity contribution is 5.87. The van der Waals surface area contributed by atoms with E-state index in [4.69, 9.17) is 4.74 Å². The lowest BCUT2D eigenvalue weighted by molar-refractivity contribution is -0.114. The van der Waals surface area contributed by atoms with Gasteiger partial charge >= 0.3 is 0 Å². The Kier molecular flexibility index (Phi) is 3.71. The molecule has 3 aromatic rings. The first-order chi connectivity index (χ1) is 11.1. The Morgan fingerprint density at radius 2 is 2.04 bits per heavy atom. The first-order valence-corrected chi connectivity index (χ1v) is 6.76. The first-order valence-electron chi connectivity index (χ1n) is 6.76. The maximum atomic E-state index is 12.2. The highest BCUT2D eigenvalue weighted by atomic mass is 16.5. The average Bonchev–Trinajstić information content (AvgIpc) is 2.53. The van der Waals surface area contributed by atoms with Crippen LogP contribution in [0.4, 0.5) is 5.95 Å². The van der Waals surface area contributed by atoms with Crippen LogP contribution in [-0.2, 0) is 4.79 Å². The van der Waals surface area contributed by atoms with Crippen molar-refractivity contribution < 1.29 is 9.53 Å². The van der Waals surface area contributed by atoms with Gasteiger partial charge in [0.2, 0.25) is 11.9 Å². The zero-order valence-electron chi connectivity index (χ0n) is 12.5. The SMILES string of the molecule is COc1ccccc1-c1nc2nc(NC(C)=O)ncc2c(=O)[nH]1. The fourth-order valence-corrected chi connectivity index (χ4v) is 2.11. The van der Waals surface area contributed by atoms with Gasteiger partial charge in [-0.3, -0.25) is 14.9 Å². The van der Waals surface area contributed by atoms with E-state index in [0.717, 1.165) is 0 Å². The highest BCUT2D eigenvalue weighted by Crippen LogP contribution is 2.26. The Morgan fingerprint density at radius 3 is 2.78 bits per heavy atom. The summed E-state index contributed by atoms with van der Waals surface area (Å²) in [7, 11) is 1.54. The maximum Gasteiger partial charge on any atom is 0.262 e. The minimum atomic E-state index is -0.370. The third-order valence-corrected chi connectivity index (χ3v) is 3.11. The number of anilines is 1. The first kappa shape index (κ1) is 14.6.